The minimum Gasteiger partial charge on any atom is -0.355 e. The molecule has 0 aliphatic heterocycles. The first kappa shape index (κ1) is 19.2. The van der Waals surface area contributed by atoms with Crippen molar-refractivity contribution in [1.82, 2.24) is 14.9 Å². The summed E-state index contributed by atoms with van der Waals surface area (Å²) >= 11 is 2.97. The topological polar surface area (TPSA) is 64.0 Å². The second kappa shape index (κ2) is 8.49. The van der Waals surface area contributed by atoms with Crippen LogP contribution in [0.15, 0.2) is 40.3 Å². The van der Waals surface area contributed by atoms with Gasteiger partial charge in [-0.05, 0) is 43.2 Å². The summed E-state index contributed by atoms with van der Waals surface area (Å²) in [6.07, 6.45) is 5.15. The largest absolute Gasteiger partial charge is 0.355 e. The zero-order valence-corrected chi connectivity index (χ0v) is 17.5. The molecule has 1 amide bonds. The molecule has 4 rings (SSSR count). The standard InChI is InChI=1S/C21H23N3O2S2/c1-24-20(26)18-15-9-5-6-10-16(15)28-19(18)23-21(24)27-13-17(25)22-12-11-14-7-3-2-4-8-14/h2-4,7-8H,5-6,9-13H2,1H3,(H,22,25). The predicted octanol–water partition coefficient (Wildman–Crippen LogP) is 3.32. The predicted molar refractivity (Wildman–Crippen MR) is 115 cm³/mol. The minimum absolute atomic E-state index is 0.0105. The molecule has 3 aromatic rings. The van der Waals surface area contributed by atoms with Crippen LogP contribution in [-0.2, 0) is 31.1 Å². The lowest BCUT2D eigenvalue weighted by molar-refractivity contribution is -0.118. The lowest BCUT2D eigenvalue weighted by atomic mass is 9.97. The van der Waals surface area contributed by atoms with Gasteiger partial charge in [-0.25, -0.2) is 4.98 Å². The molecule has 7 heteroatoms. The molecule has 2 heterocycles. The zero-order chi connectivity index (χ0) is 19.5. The summed E-state index contributed by atoms with van der Waals surface area (Å²) in [6, 6.07) is 10.1. The van der Waals surface area contributed by atoms with Gasteiger partial charge in [-0.3, -0.25) is 14.2 Å². The number of hydrogen-bond acceptors (Lipinski definition) is 5. The third-order valence-corrected chi connectivity index (χ3v) is 7.28. The Morgan fingerprint density at radius 1 is 1.25 bits per heavy atom. The van der Waals surface area contributed by atoms with Crippen molar-refractivity contribution in [1.29, 1.82) is 0 Å². The zero-order valence-electron chi connectivity index (χ0n) is 15.9. The number of fused-ring (bicyclic) bond motifs is 3. The Kier molecular flexibility index (Phi) is 5.82. The van der Waals surface area contributed by atoms with Gasteiger partial charge in [0.05, 0.1) is 11.1 Å². The Bertz CT molecular complexity index is 1060. The highest BCUT2D eigenvalue weighted by Gasteiger charge is 2.21. The van der Waals surface area contributed by atoms with E-state index in [9.17, 15) is 9.59 Å². The fraction of sp³-hybridized carbons (Fsp3) is 0.381. The maximum Gasteiger partial charge on any atom is 0.262 e. The van der Waals surface area contributed by atoms with Crippen LogP contribution in [0.5, 0.6) is 0 Å². The second-order valence-corrected chi connectivity index (χ2v) is 9.05. The van der Waals surface area contributed by atoms with Gasteiger partial charge >= 0.3 is 0 Å². The number of nitrogens with one attached hydrogen (secondary N) is 1. The van der Waals surface area contributed by atoms with E-state index < -0.39 is 0 Å². The molecule has 0 radical (unpaired) electrons. The molecule has 0 unspecified atom stereocenters. The lowest BCUT2D eigenvalue weighted by Gasteiger charge is -2.11. The van der Waals surface area contributed by atoms with Gasteiger partial charge in [0.1, 0.15) is 4.83 Å². The highest BCUT2D eigenvalue weighted by molar-refractivity contribution is 7.99. The molecule has 0 bridgehead atoms. The van der Waals surface area contributed by atoms with Crippen LogP contribution in [0.4, 0.5) is 0 Å². The average molecular weight is 414 g/mol. The molecule has 1 N–H and O–H groups in total. The van der Waals surface area contributed by atoms with Crippen molar-refractivity contribution in [3.8, 4) is 0 Å². The highest BCUT2D eigenvalue weighted by Crippen LogP contribution is 2.34. The van der Waals surface area contributed by atoms with Crippen LogP contribution < -0.4 is 10.9 Å². The van der Waals surface area contributed by atoms with Crippen LogP contribution in [0, 0.1) is 0 Å². The SMILES string of the molecule is Cn1c(SCC(=O)NCCc2ccccc2)nc2sc3c(c2c1=O)CCCC3. The molecule has 1 aromatic carbocycles. The van der Waals surface area contributed by atoms with Crippen LogP contribution in [0.2, 0.25) is 0 Å². The van der Waals surface area contributed by atoms with Gasteiger partial charge in [0.15, 0.2) is 5.16 Å². The van der Waals surface area contributed by atoms with E-state index in [1.54, 1.807) is 23.0 Å². The molecular weight excluding hydrogens is 390 g/mol. The minimum atomic E-state index is -0.0410. The number of aromatic nitrogens is 2. The number of thioether (sulfide) groups is 1. The van der Waals surface area contributed by atoms with Crippen molar-refractivity contribution in [3.63, 3.8) is 0 Å². The summed E-state index contributed by atoms with van der Waals surface area (Å²) in [4.78, 5) is 31.9. The Morgan fingerprint density at radius 2 is 2.04 bits per heavy atom. The molecule has 1 aliphatic rings. The van der Waals surface area contributed by atoms with Gasteiger partial charge in [-0.2, -0.15) is 0 Å². The number of amides is 1. The van der Waals surface area contributed by atoms with E-state index >= 15 is 0 Å². The number of rotatable bonds is 6. The summed E-state index contributed by atoms with van der Waals surface area (Å²) < 4.78 is 1.59. The van der Waals surface area contributed by atoms with Crippen LogP contribution in [0.1, 0.15) is 28.8 Å². The van der Waals surface area contributed by atoms with Crippen molar-refractivity contribution in [2.24, 2.45) is 7.05 Å². The fourth-order valence-corrected chi connectivity index (χ4v) is 5.67. The van der Waals surface area contributed by atoms with Crippen LogP contribution >= 0.6 is 23.1 Å². The third kappa shape index (κ3) is 4.00. The number of aryl methyl sites for hydroxylation is 2. The summed E-state index contributed by atoms with van der Waals surface area (Å²) in [5.74, 6) is 0.215. The van der Waals surface area contributed by atoms with Crippen LogP contribution in [-0.4, -0.2) is 27.8 Å². The van der Waals surface area contributed by atoms with Crippen molar-refractivity contribution in [3.05, 3.63) is 56.7 Å². The third-order valence-electron chi connectivity index (χ3n) is 5.07. The second-order valence-electron chi connectivity index (χ2n) is 7.02. The Morgan fingerprint density at radius 3 is 2.86 bits per heavy atom. The smallest absolute Gasteiger partial charge is 0.262 e. The van der Waals surface area contributed by atoms with E-state index in [0.717, 1.165) is 35.9 Å². The molecule has 0 atom stereocenters. The van der Waals surface area contributed by atoms with Crippen molar-refractivity contribution < 1.29 is 4.79 Å². The van der Waals surface area contributed by atoms with Crippen molar-refractivity contribution in [2.45, 2.75) is 37.3 Å². The van der Waals surface area contributed by atoms with E-state index in [1.165, 1.54) is 34.2 Å². The number of hydrogen-bond donors (Lipinski definition) is 1. The van der Waals surface area contributed by atoms with E-state index in [-0.39, 0.29) is 17.2 Å². The van der Waals surface area contributed by atoms with Crippen LogP contribution in [0.25, 0.3) is 10.2 Å². The summed E-state index contributed by atoms with van der Waals surface area (Å²) in [6.45, 7) is 0.604. The van der Waals surface area contributed by atoms with Gasteiger partial charge in [-0.15, -0.1) is 11.3 Å². The van der Waals surface area contributed by atoms with E-state index in [2.05, 4.69) is 17.4 Å². The highest BCUT2D eigenvalue weighted by atomic mass is 32.2. The van der Waals surface area contributed by atoms with Crippen molar-refractivity contribution >= 4 is 39.2 Å². The molecule has 1 aliphatic carbocycles. The molecule has 5 nitrogen and oxygen atoms in total. The Labute approximate surface area is 172 Å². The molecule has 0 spiro atoms. The van der Waals surface area contributed by atoms with E-state index in [0.29, 0.717) is 11.7 Å². The fourth-order valence-electron chi connectivity index (χ4n) is 3.57. The molecule has 146 valence electrons. The number of carbonyl (C=O) groups excluding carboxylic acids is 1. The summed E-state index contributed by atoms with van der Waals surface area (Å²) in [5, 5.41) is 4.34. The maximum atomic E-state index is 12.9. The first-order valence-corrected chi connectivity index (χ1v) is 11.4. The lowest BCUT2D eigenvalue weighted by Crippen LogP contribution is -2.28. The molecule has 28 heavy (non-hydrogen) atoms. The quantitative estimate of drug-likeness (QED) is 0.497. The number of nitrogens with zero attached hydrogens (tertiary/aromatic N) is 2. The van der Waals surface area contributed by atoms with Gasteiger partial charge in [0.2, 0.25) is 5.91 Å². The first-order chi connectivity index (χ1) is 13.6. The summed E-state index contributed by atoms with van der Waals surface area (Å²) in [5.41, 5.74) is 2.41. The number of benzene rings is 1. The summed E-state index contributed by atoms with van der Waals surface area (Å²) in [7, 11) is 1.75. The van der Waals surface area contributed by atoms with Gasteiger partial charge in [0.25, 0.3) is 5.56 Å². The van der Waals surface area contributed by atoms with Crippen molar-refractivity contribution in [2.75, 3.05) is 12.3 Å². The average Bonchev–Trinajstić information content (AvgIpc) is 3.09. The van der Waals surface area contributed by atoms with E-state index in [4.69, 9.17) is 4.98 Å². The number of thiophene rings is 1. The monoisotopic (exact) mass is 413 g/mol. The first-order valence-electron chi connectivity index (χ1n) is 9.58. The van der Waals surface area contributed by atoms with Gasteiger partial charge in [0, 0.05) is 18.5 Å². The Hall–Kier alpha value is -2.12. The maximum absolute atomic E-state index is 12.9. The molecule has 0 saturated heterocycles. The molecular formula is C21H23N3O2S2. The number of carbonyl (C=O) groups is 1. The molecule has 0 saturated carbocycles. The van der Waals surface area contributed by atoms with Crippen LogP contribution in [0.3, 0.4) is 0 Å². The molecule has 0 fully saturated rings. The Balaban J connectivity index is 1.41. The normalized spacial score (nSPS) is 13.5. The van der Waals surface area contributed by atoms with E-state index in [1.807, 2.05) is 18.2 Å². The van der Waals surface area contributed by atoms with Gasteiger partial charge < -0.3 is 5.32 Å². The molecule has 2 aromatic heterocycles. The van der Waals surface area contributed by atoms with Gasteiger partial charge in [-0.1, -0.05) is 42.1 Å².